The van der Waals surface area contributed by atoms with Crippen LogP contribution in [-0.2, 0) is 11.3 Å². The second kappa shape index (κ2) is 6.15. The van der Waals surface area contributed by atoms with Gasteiger partial charge in [0.1, 0.15) is 0 Å². The van der Waals surface area contributed by atoms with E-state index in [-0.39, 0.29) is 6.04 Å². The van der Waals surface area contributed by atoms with E-state index in [0.717, 1.165) is 24.9 Å². The zero-order valence-electron chi connectivity index (χ0n) is 10.3. The molecule has 0 aromatic heterocycles. The molecule has 0 radical (unpaired) electrons. The molecule has 1 aromatic carbocycles. The fourth-order valence-corrected chi connectivity index (χ4v) is 2.24. The summed E-state index contributed by atoms with van der Waals surface area (Å²) >= 11 is 0. The maximum absolute atomic E-state index is 9.94. The van der Waals surface area contributed by atoms with Gasteiger partial charge in [-0.25, -0.2) is 0 Å². The topological polar surface area (TPSA) is 41.5 Å². The van der Waals surface area contributed by atoms with Gasteiger partial charge in [-0.05, 0) is 24.4 Å². The average molecular weight is 235 g/mol. The average Bonchev–Trinajstić information content (AvgIpc) is 2.86. The second-order valence-electron chi connectivity index (χ2n) is 4.71. The molecule has 3 nitrogen and oxygen atoms in total. The largest absolute Gasteiger partial charge is 0.367 e. The lowest BCUT2D eigenvalue weighted by Crippen LogP contribution is -2.36. The highest BCUT2D eigenvalue weighted by Gasteiger charge is 2.28. The molecule has 17 heavy (non-hydrogen) atoms. The molecule has 94 valence electrons. The fraction of sp³-hybridized carbons (Fsp3) is 0.571. The molecule has 0 bridgehead atoms. The predicted octanol–water partition coefficient (Wildman–Crippen LogP) is 1.91. The highest BCUT2D eigenvalue weighted by atomic mass is 16.6. The van der Waals surface area contributed by atoms with Crippen LogP contribution in [0.1, 0.15) is 25.3 Å². The Kier molecular flexibility index (Phi) is 4.54. The van der Waals surface area contributed by atoms with Gasteiger partial charge in [0.2, 0.25) is 0 Å². The molecule has 0 spiro atoms. The lowest BCUT2D eigenvalue weighted by molar-refractivity contribution is -0.125. The van der Waals surface area contributed by atoms with Crippen LogP contribution < -0.4 is 5.32 Å². The Morgan fingerprint density at radius 2 is 2.18 bits per heavy atom. The Labute approximate surface area is 103 Å². The summed E-state index contributed by atoms with van der Waals surface area (Å²) in [5.41, 5.74) is 1.09. The van der Waals surface area contributed by atoms with E-state index in [1.165, 1.54) is 0 Å². The molecule has 3 heteroatoms. The van der Waals surface area contributed by atoms with Gasteiger partial charge in [0, 0.05) is 0 Å². The first-order valence-corrected chi connectivity index (χ1v) is 6.36. The predicted molar refractivity (Wildman–Crippen MR) is 67.4 cm³/mol. The molecule has 1 aliphatic heterocycles. The van der Waals surface area contributed by atoms with Gasteiger partial charge in [0.25, 0.3) is 0 Å². The third kappa shape index (κ3) is 3.53. The fourth-order valence-electron chi connectivity index (χ4n) is 2.24. The number of benzene rings is 1. The van der Waals surface area contributed by atoms with Crippen LogP contribution in [0.3, 0.4) is 0 Å². The van der Waals surface area contributed by atoms with Crippen LogP contribution in [0.4, 0.5) is 0 Å². The van der Waals surface area contributed by atoms with E-state index < -0.39 is 6.29 Å². The SMILES string of the molecule is CCC1CNC(C(O)OCc2ccccc2)C1. The lowest BCUT2D eigenvalue weighted by Gasteiger charge is -2.19. The van der Waals surface area contributed by atoms with E-state index in [2.05, 4.69) is 12.2 Å². The molecule has 1 saturated heterocycles. The molecule has 0 aliphatic carbocycles. The Morgan fingerprint density at radius 1 is 1.41 bits per heavy atom. The molecule has 0 saturated carbocycles. The van der Waals surface area contributed by atoms with Crippen molar-refractivity contribution in [1.29, 1.82) is 0 Å². The van der Waals surface area contributed by atoms with Gasteiger partial charge in [-0.1, -0.05) is 43.7 Å². The van der Waals surface area contributed by atoms with Gasteiger partial charge in [0.05, 0.1) is 12.6 Å². The van der Waals surface area contributed by atoms with E-state index in [9.17, 15) is 5.11 Å². The quantitative estimate of drug-likeness (QED) is 0.766. The standard InChI is InChI=1S/C14H21NO2/c1-2-11-8-13(15-9-11)14(16)17-10-12-6-4-3-5-7-12/h3-7,11,13-16H,2,8-10H2,1H3. The van der Waals surface area contributed by atoms with Crippen molar-refractivity contribution >= 4 is 0 Å². The van der Waals surface area contributed by atoms with E-state index in [0.29, 0.717) is 12.5 Å². The lowest BCUT2D eigenvalue weighted by atomic mass is 10.0. The first-order valence-electron chi connectivity index (χ1n) is 6.36. The molecule has 1 heterocycles. The summed E-state index contributed by atoms with van der Waals surface area (Å²) in [6.07, 6.45) is 1.47. The molecular formula is C14H21NO2. The number of hydrogen-bond donors (Lipinski definition) is 2. The second-order valence-corrected chi connectivity index (χ2v) is 4.71. The molecule has 3 atom stereocenters. The smallest absolute Gasteiger partial charge is 0.170 e. The van der Waals surface area contributed by atoms with Crippen LogP contribution in [0.2, 0.25) is 0 Å². The molecule has 1 fully saturated rings. The van der Waals surface area contributed by atoms with Crippen molar-refractivity contribution in [2.24, 2.45) is 5.92 Å². The van der Waals surface area contributed by atoms with Gasteiger partial charge < -0.3 is 15.2 Å². The molecule has 1 aliphatic rings. The number of aliphatic hydroxyl groups excluding tert-OH is 1. The summed E-state index contributed by atoms with van der Waals surface area (Å²) in [6, 6.07) is 10.0. The summed E-state index contributed by atoms with van der Waals surface area (Å²) < 4.78 is 5.50. The number of ether oxygens (including phenoxy) is 1. The van der Waals surface area contributed by atoms with Gasteiger partial charge in [0.15, 0.2) is 6.29 Å². The van der Waals surface area contributed by atoms with Crippen LogP contribution in [0, 0.1) is 5.92 Å². The normalized spacial score (nSPS) is 26.0. The Bertz CT molecular complexity index is 328. The summed E-state index contributed by atoms with van der Waals surface area (Å²) in [6.45, 7) is 3.65. The maximum atomic E-state index is 9.94. The van der Waals surface area contributed by atoms with Gasteiger partial charge >= 0.3 is 0 Å². The molecular weight excluding hydrogens is 214 g/mol. The number of aliphatic hydroxyl groups is 1. The highest BCUT2D eigenvalue weighted by molar-refractivity contribution is 5.13. The van der Waals surface area contributed by atoms with E-state index in [1.807, 2.05) is 30.3 Å². The minimum Gasteiger partial charge on any atom is -0.367 e. The van der Waals surface area contributed by atoms with Crippen LogP contribution in [0.25, 0.3) is 0 Å². The number of nitrogens with one attached hydrogen (secondary N) is 1. The van der Waals surface area contributed by atoms with Crippen LogP contribution in [-0.4, -0.2) is 24.0 Å². The maximum Gasteiger partial charge on any atom is 0.170 e. The van der Waals surface area contributed by atoms with Crippen LogP contribution >= 0.6 is 0 Å². The monoisotopic (exact) mass is 235 g/mol. The third-order valence-corrected chi connectivity index (χ3v) is 3.44. The van der Waals surface area contributed by atoms with Crippen molar-refractivity contribution in [2.75, 3.05) is 6.54 Å². The highest BCUT2D eigenvalue weighted by Crippen LogP contribution is 2.20. The van der Waals surface area contributed by atoms with E-state index in [4.69, 9.17) is 4.74 Å². The molecule has 2 rings (SSSR count). The summed E-state index contributed by atoms with van der Waals surface area (Å²) in [5.74, 6) is 0.676. The number of hydrogen-bond acceptors (Lipinski definition) is 3. The Hall–Kier alpha value is -0.900. The minimum atomic E-state index is -0.702. The molecule has 1 aromatic rings. The van der Waals surface area contributed by atoms with E-state index >= 15 is 0 Å². The molecule has 0 amide bonds. The molecule has 3 unspecified atom stereocenters. The Balaban J connectivity index is 1.76. The van der Waals surface area contributed by atoms with Crippen LogP contribution in [0.5, 0.6) is 0 Å². The van der Waals surface area contributed by atoms with Crippen molar-refractivity contribution in [3.8, 4) is 0 Å². The zero-order chi connectivity index (χ0) is 12.1. The zero-order valence-corrected chi connectivity index (χ0v) is 10.3. The summed E-state index contributed by atoms with van der Waals surface area (Å²) in [4.78, 5) is 0. The van der Waals surface area contributed by atoms with Crippen molar-refractivity contribution in [1.82, 2.24) is 5.32 Å². The summed E-state index contributed by atoms with van der Waals surface area (Å²) in [7, 11) is 0. The van der Waals surface area contributed by atoms with Gasteiger partial charge in [-0.2, -0.15) is 0 Å². The summed E-state index contributed by atoms with van der Waals surface area (Å²) in [5, 5.41) is 13.3. The van der Waals surface area contributed by atoms with Crippen molar-refractivity contribution in [2.45, 2.75) is 38.7 Å². The van der Waals surface area contributed by atoms with Gasteiger partial charge in [-0.3, -0.25) is 0 Å². The minimum absolute atomic E-state index is 0.0867. The van der Waals surface area contributed by atoms with Gasteiger partial charge in [-0.15, -0.1) is 0 Å². The number of rotatable bonds is 5. The first kappa shape index (κ1) is 12.6. The van der Waals surface area contributed by atoms with E-state index in [1.54, 1.807) is 0 Å². The van der Waals surface area contributed by atoms with Crippen molar-refractivity contribution in [3.05, 3.63) is 35.9 Å². The van der Waals surface area contributed by atoms with Crippen molar-refractivity contribution in [3.63, 3.8) is 0 Å². The Morgan fingerprint density at radius 3 is 2.82 bits per heavy atom. The first-order chi connectivity index (χ1) is 8.29. The van der Waals surface area contributed by atoms with Crippen LogP contribution in [0.15, 0.2) is 30.3 Å². The molecule has 2 N–H and O–H groups in total. The van der Waals surface area contributed by atoms with Crippen molar-refractivity contribution < 1.29 is 9.84 Å². The third-order valence-electron chi connectivity index (χ3n) is 3.44.